The van der Waals surface area contributed by atoms with Crippen LogP contribution in [0.3, 0.4) is 0 Å². The van der Waals surface area contributed by atoms with Crippen molar-refractivity contribution >= 4 is 45.2 Å². The van der Waals surface area contributed by atoms with E-state index in [0.29, 0.717) is 31.4 Å². The Balaban J connectivity index is 1.71. The second-order valence-electron chi connectivity index (χ2n) is 11.5. The number of carbonyl (C=O) groups is 3. The minimum absolute atomic E-state index is 0.166. The number of hydrogen-bond donors (Lipinski definition) is 4. The van der Waals surface area contributed by atoms with E-state index in [2.05, 4.69) is 16.0 Å². The van der Waals surface area contributed by atoms with Crippen LogP contribution in [0.2, 0.25) is 0 Å². The van der Waals surface area contributed by atoms with Gasteiger partial charge in [-0.3, -0.25) is 14.9 Å². The molecular weight excluding hydrogens is 621 g/mol. The molecule has 0 heterocycles. The zero-order valence-electron chi connectivity index (χ0n) is 24.8. The summed E-state index contributed by atoms with van der Waals surface area (Å²) in [5.74, 6) is -2.41. The Morgan fingerprint density at radius 2 is 1.70 bits per heavy atom. The molecule has 1 fully saturated rings. The predicted molar refractivity (Wildman–Crippen MR) is 161 cm³/mol. The van der Waals surface area contributed by atoms with Gasteiger partial charge < -0.3 is 21.1 Å². The molecule has 3 rings (SSSR count). The van der Waals surface area contributed by atoms with Gasteiger partial charge in [-0.1, -0.05) is 0 Å². The third-order valence-corrected chi connectivity index (χ3v) is 9.47. The van der Waals surface area contributed by atoms with Crippen LogP contribution in [0.4, 0.5) is 23.7 Å². The summed E-state index contributed by atoms with van der Waals surface area (Å²) >= 11 is 1.48. The van der Waals surface area contributed by atoms with Gasteiger partial charge in [-0.15, -0.1) is 11.8 Å². The number of hydrogen-bond acceptors (Lipinski definition) is 8. The molecule has 1 aliphatic rings. The number of ether oxygens (including phenoxy) is 1. The molecule has 1 saturated carbocycles. The van der Waals surface area contributed by atoms with Gasteiger partial charge >= 0.3 is 12.3 Å². The van der Waals surface area contributed by atoms with Gasteiger partial charge in [0, 0.05) is 17.0 Å². The van der Waals surface area contributed by atoms with E-state index in [0.717, 1.165) is 11.0 Å². The second-order valence-corrected chi connectivity index (χ2v) is 14.4. The van der Waals surface area contributed by atoms with E-state index < -0.39 is 69.2 Å². The first-order valence-electron chi connectivity index (χ1n) is 13.8. The quantitative estimate of drug-likeness (QED) is 0.285. The topological polar surface area (TPSA) is 157 Å². The Morgan fingerprint density at radius 3 is 2.30 bits per heavy atom. The summed E-state index contributed by atoms with van der Waals surface area (Å²) in [7, 11) is -3.68. The lowest BCUT2D eigenvalue weighted by Gasteiger charge is -2.35. The van der Waals surface area contributed by atoms with Crippen LogP contribution in [0.5, 0.6) is 0 Å². The Hall–Kier alpha value is -3.30. The van der Waals surface area contributed by atoms with Crippen LogP contribution >= 0.6 is 11.8 Å². The number of alkyl halides is 3. The highest BCUT2D eigenvalue weighted by molar-refractivity contribution is 7.98. The van der Waals surface area contributed by atoms with Crippen LogP contribution < -0.4 is 21.7 Å². The summed E-state index contributed by atoms with van der Waals surface area (Å²) in [5, 5.41) is 7.28. The van der Waals surface area contributed by atoms with Crippen LogP contribution in [-0.4, -0.2) is 62.6 Å². The van der Waals surface area contributed by atoms with E-state index in [9.17, 15) is 36.0 Å². The monoisotopic (exact) mass is 658 g/mol. The van der Waals surface area contributed by atoms with Crippen LogP contribution in [0, 0.1) is 5.92 Å². The number of amides is 3. The summed E-state index contributed by atoms with van der Waals surface area (Å²) in [6.45, 7) is 4.15. The van der Waals surface area contributed by atoms with Crippen molar-refractivity contribution in [3.63, 3.8) is 0 Å². The van der Waals surface area contributed by atoms with E-state index in [4.69, 9.17) is 10.5 Å². The second kappa shape index (κ2) is 14.2. The first-order valence-corrected chi connectivity index (χ1v) is 16.7. The van der Waals surface area contributed by atoms with Gasteiger partial charge in [0.05, 0.1) is 34.0 Å². The number of thioether (sulfide) groups is 1. The first kappa shape index (κ1) is 35.2. The summed E-state index contributed by atoms with van der Waals surface area (Å²) in [6.07, 6.45) is -2.56. The molecule has 1 aliphatic carbocycles. The molecule has 0 unspecified atom stereocenters. The molecule has 3 atom stereocenters. The lowest BCUT2D eigenvalue weighted by molar-refractivity contribution is -0.137. The Morgan fingerprint density at radius 1 is 1.05 bits per heavy atom. The van der Waals surface area contributed by atoms with Crippen LogP contribution in [-0.2, 0) is 25.5 Å². The van der Waals surface area contributed by atoms with Crippen molar-refractivity contribution in [1.82, 2.24) is 10.6 Å². The number of nitrogens with one attached hydrogen (secondary N) is 3. The molecule has 242 valence electrons. The van der Waals surface area contributed by atoms with E-state index in [1.165, 1.54) is 11.8 Å². The summed E-state index contributed by atoms with van der Waals surface area (Å²) in [5.41, 5.74) is 3.28. The highest BCUT2D eigenvalue weighted by atomic mass is 32.2. The van der Waals surface area contributed by atoms with E-state index in [-0.39, 0.29) is 22.4 Å². The van der Waals surface area contributed by atoms with Crippen molar-refractivity contribution in [2.75, 3.05) is 23.9 Å². The number of nitrogens with two attached hydrogens (primary N) is 1. The number of sulfone groups is 1. The molecule has 0 spiro atoms. The maximum atomic E-state index is 13.4. The molecule has 44 heavy (non-hydrogen) atoms. The van der Waals surface area contributed by atoms with Gasteiger partial charge in [0.15, 0.2) is 9.84 Å². The smallest absolute Gasteiger partial charge is 0.416 e. The largest absolute Gasteiger partial charge is 0.444 e. The Kier molecular flexibility index (Phi) is 11.4. The maximum absolute atomic E-state index is 13.4. The molecular formula is C29H37F3N4O6S2. The fourth-order valence-electron chi connectivity index (χ4n) is 4.75. The number of anilines is 1. The molecule has 0 radical (unpaired) electrons. The third-order valence-electron chi connectivity index (χ3n) is 6.87. The minimum atomic E-state index is -4.77. The van der Waals surface area contributed by atoms with Crippen LogP contribution in [0.25, 0.3) is 0 Å². The van der Waals surface area contributed by atoms with E-state index in [1.54, 1.807) is 45.0 Å². The van der Waals surface area contributed by atoms with Crippen molar-refractivity contribution < 1.29 is 40.7 Å². The Labute approximate surface area is 259 Å². The average molecular weight is 659 g/mol. The van der Waals surface area contributed by atoms with Crippen LogP contribution in [0.15, 0.2) is 52.3 Å². The number of benzene rings is 2. The van der Waals surface area contributed by atoms with Gasteiger partial charge in [0.25, 0.3) is 5.91 Å². The summed E-state index contributed by atoms with van der Waals surface area (Å²) in [4.78, 5) is 39.1. The molecule has 15 heteroatoms. The zero-order chi connectivity index (χ0) is 32.9. The fraction of sp³-hybridized carbons (Fsp3) is 0.483. The molecule has 10 nitrogen and oxygen atoms in total. The highest BCUT2D eigenvalue weighted by Gasteiger charge is 2.35. The molecule has 0 aliphatic heterocycles. The van der Waals surface area contributed by atoms with Crippen molar-refractivity contribution in [3.8, 4) is 0 Å². The van der Waals surface area contributed by atoms with Gasteiger partial charge in [0.1, 0.15) is 5.60 Å². The molecule has 0 bridgehead atoms. The highest BCUT2D eigenvalue weighted by Crippen LogP contribution is 2.32. The average Bonchev–Trinajstić information content (AvgIpc) is 2.91. The molecule has 0 saturated heterocycles. The SMILES string of the molecule is CSc1ccc(S(=O)(=O)C[C@H]2CC[C@H](N)C[C@@H]2NC(=O)CNC(=O)c2cc(C(F)(F)F)ccc2NC(=O)OC(C)(C)C)cc1. The standard InChI is InChI=1S/C29H37F3N4O6S2/c1-28(2,3)42-27(39)36-23-12-6-18(29(30,31)32)13-22(23)26(38)34-15-25(37)35-24-14-19(33)7-5-17(24)16-44(40,41)21-10-8-20(43-4)9-11-21/h6,8-13,17,19,24H,5,7,14-16,33H2,1-4H3,(H,34,38)(H,35,37)(H,36,39)/t17-,19+,24+/m1/s1. The van der Waals surface area contributed by atoms with Gasteiger partial charge in [-0.25, -0.2) is 13.2 Å². The van der Waals surface area contributed by atoms with Crippen molar-refractivity contribution in [1.29, 1.82) is 0 Å². The lowest BCUT2D eigenvalue weighted by atomic mass is 9.83. The first-order chi connectivity index (χ1) is 20.4. The summed E-state index contributed by atoms with van der Waals surface area (Å²) in [6, 6.07) is 7.81. The van der Waals surface area contributed by atoms with Gasteiger partial charge in [-0.2, -0.15) is 13.2 Å². The summed E-state index contributed by atoms with van der Waals surface area (Å²) < 4.78 is 71.6. The number of rotatable bonds is 9. The fourth-order valence-corrected chi connectivity index (χ4v) is 6.86. The number of halogens is 3. The van der Waals surface area contributed by atoms with Crippen molar-refractivity contribution in [2.24, 2.45) is 11.7 Å². The third kappa shape index (κ3) is 10.1. The normalized spacial score (nSPS) is 19.1. The molecule has 2 aromatic carbocycles. The minimum Gasteiger partial charge on any atom is -0.444 e. The molecule has 5 N–H and O–H groups in total. The molecule has 0 aromatic heterocycles. The van der Waals surface area contributed by atoms with Gasteiger partial charge in [-0.05, 0) is 94.7 Å². The molecule has 3 amide bonds. The van der Waals surface area contributed by atoms with E-state index >= 15 is 0 Å². The van der Waals surface area contributed by atoms with E-state index in [1.807, 2.05) is 6.26 Å². The zero-order valence-corrected chi connectivity index (χ0v) is 26.4. The van der Waals surface area contributed by atoms with Crippen molar-refractivity contribution in [2.45, 2.75) is 73.7 Å². The van der Waals surface area contributed by atoms with Crippen molar-refractivity contribution in [3.05, 3.63) is 53.6 Å². The maximum Gasteiger partial charge on any atom is 0.416 e. The molecule has 2 aromatic rings. The predicted octanol–water partition coefficient (Wildman–Crippen LogP) is 4.59. The van der Waals surface area contributed by atoms with Crippen LogP contribution in [0.1, 0.15) is 56.0 Å². The number of carbonyl (C=O) groups excluding carboxylic acids is 3. The Bertz CT molecular complexity index is 1460. The lowest BCUT2D eigenvalue weighted by Crippen LogP contribution is -2.51. The van der Waals surface area contributed by atoms with Gasteiger partial charge in [0.2, 0.25) is 5.91 Å².